The van der Waals surface area contributed by atoms with Crippen molar-refractivity contribution in [3.8, 4) is 0 Å². The number of nitrogens with one attached hydrogen (secondary N) is 1. The molecular weight excluding hydrogens is 473 g/mol. The summed E-state index contributed by atoms with van der Waals surface area (Å²) in [6, 6.07) is 12.5. The first-order valence-corrected chi connectivity index (χ1v) is 12.7. The van der Waals surface area contributed by atoms with E-state index >= 15 is 0 Å². The summed E-state index contributed by atoms with van der Waals surface area (Å²) in [5.74, 6) is -0.822. The summed E-state index contributed by atoms with van der Waals surface area (Å²) in [6.07, 6.45) is 1.39. The van der Waals surface area contributed by atoms with E-state index in [1.165, 1.54) is 4.90 Å². The van der Waals surface area contributed by atoms with E-state index in [1.807, 2.05) is 0 Å². The number of hydrogen-bond acceptors (Lipinski definition) is 4. The summed E-state index contributed by atoms with van der Waals surface area (Å²) >= 11 is 12.1. The number of carbonyl (C=O) groups is 2. The molecule has 10 heteroatoms. The van der Waals surface area contributed by atoms with Crippen LogP contribution in [0.1, 0.15) is 25.8 Å². The largest absolute Gasteiger partial charge is 0.355 e. The van der Waals surface area contributed by atoms with Gasteiger partial charge in [0.2, 0.25) is 21.8 Å². The second-order valence-electron chi connectivity index (χ2n) is 7.19. The standard InChI is InChI=1S/C22H27Cl2N3O4S/c1-4-20(22(29)25-5-2)26(14-16-11-12-18(23)19(24)13-16)21(28)15-27(32(3,30)31)17-9-7-6-8-10-17/h6-13,20H,4-5,14-15H2,1-3H3,(H,25,29). The molecule has 7 nitrogen and oxygen atoms in total. The van der Waals surface area contributed by atoms with Gasteiger partial charge in [0.05, 0.1) is 22.0 Å². The first kappa shape index (κ1) is 26.0. The molecule has 0 fully saturated rings. The Bertz CT molecular complexity index is 1050. The summed E-state index contributed by atoms with van der Waals surface area (Å²) in [5, 5.41) is 3.44. The highest BCUT2D eigenvalue weighted by Crippen LogP contribution is 2.24. The van der Waals surface area contributed by atoms with Gasteiger partial charge in [-0.25, -0.2) is 8.42 Å². The number of amides is 2. The molecule has 1 atom stereocenters. The molecule has 0 aromatic heterocycles. The van der Waals surface area contributed by atoms with E-state index in [2.05, 4.69) is 5.32 Å². The lowest BCUT2D eigenvalue weighted by atomic mass is 10.1. The maximum atomic E-state index is 13.4. The molecule has 0 aliphatic heterocycles. The Morgan fingerprint density at radius 2 is 1.69 bits per heavy atom. The minimum atomic E-state index is -3.75. The Kier molecular flexibility index (Phi) is 9.36. The molecular formula is C22H27Cl2N3O4S. The average Bonchev–Trinajstić information content (AvgIpc) is 2.74. The molecule has 0 heterocycles. The molecule has 174 valence electrons. The van der Waals surface area contributed by atoms with Crippen molar-refractivity contribution < 1.29 is 18.0 Å². The highest BCUT2D eigenvalue weighted by Gasteiger charge is 2.31. The van der Waals surface area contributed by atoms with Crippen molar-refractivity contribution in [2.24, 2.45) is 0 Å². The Morgan fingerprint density at radius 3 is 2.22 bits per heavy atom. The molecule has 32 heavy (non-hydrogen) atoms. The van der Waals surface area contributed by atoms with Crippen molar-refractivity contribution >= 4 is 50.7 Å². The third-order valence-corrected chi connectivity index (χ3v) is 6.68. The van der Waals surface area contributed by atoms with Crippen LogP contribution < -0.4 is 9.62 Å². The second kappa shape index (κ2) is 11.5. The zero-order valence-electron chi connectivity index (χ0n) is 18.2. The lowest BCUT2D eigenvalue weighted by Crippen LogP contribution is -2.52. The number of nitrogens with zero attached hydrogens (tertiary/aromatic N) is 2. The lowest BCUT2D eigenvalue weighted by molar-refractivity contribution is -0.140. The Balaban J connectivity index is 2.42. The minimum absolute atomic E-state index is 0.0672. The number of carbonyl (C=O) groups excluding carboxylic acids is 2. The molecule has 0 aliphatic carbocycles. The number of halogens is 2. The van der Waals surface area contributed by atoms with Crippen LogP contribution in [0.5, 0.6) is 0 Å². The van der Waals surface area contributed by atoms with Crippen molar-refractivity contribution in [2.75, 3.05) is 23.7 Å². The summed E-state index contributed by atoms with van der Waals surface area (Å²) < 4.78 is 25.9. The second-order valence-corrected chi connectivity index (χ2v) is 9.92. The maximum absolute atomic E-state index is 13.4. The number of benzene rings is 2. The number of para-hydroxylation sites is 1. The van der Waals surface area contributed by atoms with Crippen molar-refractivity contribution in [1.82, 2.24) is 10.2 Å². The molecule has 1 unspecified atom stereocenters. The van der Waals surface area contributed by atoms with E-state index in [9.17, 15) is 18.0 Å². The predicted octanol–water partition coefficient (Wildman–Crippen LogP) is 3.70. The van der Waals surface area contributed by atoms with Crippen LogP contribution in [0, 0.1) is 0 Å². The smallest absolute Gasteiger partial charge is 0.244 e. The van der Waals surface area contributed by atoms with Crippen LogP contribution in [0.4, 0.5) is 5.69 Å². The summed E-state index contributed by atoms with van der Waals surface area (Å²) in [4.78, 5) is 27.5. The van der Waals surface area contributed by atoms with Gasteiger partial charge in [0.15, 0.2) is 0 Å². The summed E-state index contributed by atoms with van der Waals surface area (Å²) in [5.41, 5.74) is 1.03. The van der Waals surface area contributed by atoms with Gasteiger partial charge in [0.25, 0.3) is 0 Å². The molecule has 2 rings (SSSR count). The van der Waals surface area contributed by atoms with Gasteiger partial charge in [-0.2, -0.15) is 0 Å². The minimum Gasteiger partial charge on any atom is -0.355 e. The molecule has 1 N–H and O–H groups in total. The van der Waals surface area contributed by atoms with Gasteiger partial charge in [-0.3, -0.25) is 13.9 Å². The maximum Gasteiger partial charge on any atom is 0.244 e. The average molecular weight is 500 g/mol. The molecule has 0 radical (unpaired) electrons. The van der Waals surface area contributed by atoms with Crippen LogP contribution >= 0.6 is 23.2 Å². The normalized spacial score (nSPS) is 12.2. The predicted molar refractivity (Wildman–Crippen MR) is 128 cm³/mol. The molecule has 0 saturated heterocycles. The fourth-order valence-electron chi connectivity index (χ4n) is 3.25. The molecule has 0 saturated carbocycles. The van der Waals surface area contributed by atoms with Gasteiger partial charge in [-0.1, -0.05) is 54.4 Å². The summed E-state index contributed by atoms with van der Waals surface area (Å²) in [6.45, 7) is 3.61. The Morgan fingerprint density at radius 1 is 1.03 bits per heavy atom. The number of sulfonamides is 1. The lowest BCUT2D eigenvalue weighted by Gasteiger charge is -2.32. The van der Waals surface area contributed by atoms with Gasteiger partial charge < -0.3 is 10.2 Å². The van der Waals surface area contributed by atoms with Crippen LogP contribution in [0.2, 0.25) is 10.0 Å². The van der Waals surface area contributed by atoms with E-state index in [-0.39, 0.29) is 12.5 Å². The van der Waals surface area contributed by atoms with Gasteiger partial charge in [0, 0.05) is 13.1 Å². The Labute approximate surface area is 199 Å². The molecule has 2 aromatic carbocycles. The number of likely N-dealkylation sites (N-methyl/N-ethyl adjacent to an activating group) is 1. The van der Waals surface area contributed by atoms with Crippen LogP contribution in [0.3, 0.4) is 0 Å². The van der Waals surface area contributed by atoms with Crippen LogP contribution in [-0.4, -0.2) is 50.5 Å². The molecule has 0 spiro atoms. The molecule has 2 amide bonds. The molecule has 2 aromatic rings. The molecule has 0 bridgehead atoms. The quantitative estimate of drug-likeness (QED) is 0.539. The highest BCUT2D eigenvalue weighted by atomic mass is 35.5. The topological polar surface area (TPSA) is 86.8 Å². The van der Waals surface area contributed by atoms with Crippen molar-refractivity contribution in [1.29, 1.82) is 0 Å². The zero-order chi connectivity index (χ0) is 23.9. The number of rotatable bonds is 10. The van der Waals surface area contributed by atoms with Crippen LogP contribution in [-0.2, 0) is 26.2 Å². The van der Waals surface area contributed by atoms with Crippen LogP contribution in [0.25, 0.3) is 0 Å². The highest BCUT2D eigenvalue weighted by molar-refractivity contribution is 7.92. The first-order valence-electron chi connectivity index (χ1n) is 10.1. The van der Waals surface area contributed by atoms with Gasteiger partial charge >= 0.3 is 0 Å². The van der Waals surface area contributed by atoms with E-state index in [1.54, 1.807) is 62.4 Å². The first-order chi connectivity index (χ1) is 15.1. The third-order valence-electron chi connectivity index (χ3n) is 4.80. The van der Waals surface area contributed by atoms with E-state index in [0.717, 1.165) is 10.6 Å². The van der Waals surface area contributed by atoms with E-state index < -0.39 is 28.5 Å². The Hall–Kier alpha value is -2.29. The van der Waals surface area contributed by atoms with Crippen molar-refractivity contribution in [2.45, 2.75) is 32.9 Å². The van der Waals surface area contributed by atoms with Gasteiger partial charge in [-0.05, 0) is 43.2 Å². The SMILES string of the molecule is CCNC(=O)C(CC)N(Cc1ccc(Cl)c(Cl)c1)C(=O)CN(c1ccccc1)S(C)(=O)=O. The monoisotopic (exact) mass is 499 g/mol. The summed E-state index contributed by atoms with van der Waals surface area (Å²) in [7, 11) is -3.75. The fraction of sp³-hybridized carbons (Fsp3) is 0.364. The zero-order valence-corrected chi connectivity index (χ0v) is 20.5. The van der Waals surface area contributed by atoms with E-state index in [0.29, 0.717) is 34.3 Å². The molecule has 0 aliphatic rings. The third kappa shape index (κ3) is 6.85. The van der Waals surface area contributed by atoms with Gasteiger partial charge in [-0.15, -0.1) is 0 Å². The number of hydrogen-bond donors (Lipinski definition) is 1. The number of anilines is 1. The fourth-order valence-corrected chi connectivity index (χ4v) is 4.42. The van der Waals surface area contributed by atoms with Crippen LogP contribution in [0.15, 0.2) is 48.5 Å². The van der Waals surface area contributed by atoms with Crippen molar-refractivity contribution in [3.63, 3.8) is 0 Å². The van der Waals surface area contributed by atoms with E-state index in [4.69, 9.17) is 23.2 Å². The van der Waals surface area contributed by atoms with Gasteiger partial charge in [0.1, 0.15) is 12.6 Å². The van der Waals surface area contributed by atoms with Crippen molar-refractivity contribution in [3.05, 3.63) is 64.1 Å².